The van der Waals surface area contributed by atoms with Crippen LogP contribution < -0.4 is 10.1 Å². The van der Waals surface area contributed by atoms with Crippen LogP contribution in [0.5, 0.6) is 5.75 Å². The van der Waals surface area contributed by atoms with Crippen molar-refractivity contribution < 1.29 is 14.3 Å². The normalized spacial score (nSPS) is 10.5. The van der Waals surface area contributed by atoms with Crippen LogP contribution in [0.3, 0.4) is 0 Å². The topological polar surface area (TPSA) is 60.5 Å². The van der Waals surface area contributed by atoms with Crippen LogP contribution in [0.4, 0.5) is 11.5 Å². The molecule has 0 unspecified atom stereocenters. The highest BCUT2D eigenvalue weighted by atomic mass is 35.5. The molecule has 122 valence electrons. The van der Waals surface area contributed by atoms with Crippen LogP contribution >= 0.6 is 11.6 Å². The zero-order valence-electron chi connectivity index (χ0n) is 13.2. The van der Waals surface area contributed by atoms with Gasteiger partial charge in [0.2, 0.25) is 0 Å². The fourth-order valence-corrected chi connectivity index (χ4v) is 2.62. The second-order valence-electron chi connectivity index (χ2n) is 5.03. The third-order valence-electron chi connectivity index (χ3n) is 3.62. The standard InChI is InChI=1S/C18H15ClN2O3/c1-23-16-9-11(19)7-8-15(16)21-17-13-6-4-3-5-12(13)14(10-20-17)18(22)24-2/h3-10H,1-2H3,(H,20,21). The van der Waals surface area contributed by atoms with E-state index in [1.165, 1.54) is 13.3 Å². The van der Waals surface area contributed by atoms with Crippen molar-refractivity contribution in [1.29, 1.82) is 0 Å². The molecule has 0 saturated carbocycles. The molecule has 0 aliphatic carbocycles. The molecule has 2 aromatic carbocycles. The van der Waals surface area contributed by atoms with Crippen molar-refractivity contribution in [3.63, 3.8) is 0 Å². The highest BCUT2D eigenvalue weighted by Gasteiger charge is 2.14. The quantitative estimate of drug-likeness (QED) is 0.711. The number of pyridine rings is 1. The summed E-state index contributed by atoms with van der Waals surface area (Å²) < 4.78 is 10.2. The number of halogens is 1. The average molecular weight is 343 g/mol. The fraction of sp³-hybridized carbons (Fsp3) is 0.111. The van der Waals surface area contributed by atoms with Crippen LogP contribution in [0.25, 0.3) is 10.8 Å². The summed E-state index contributed by atoms with van der Waals surface area (Å²) in [6, 6.07) is 12.8. The SMILES string of the molecule is COC(=O)c1cnc(Nc2ccc(Cl)cc2OC)c2ccccc12. The van der Waals surface area contributed by atoms with E-state index in [0.29, 0.717) is 22.2 Å². The number of nitrogens with one attached hydrogen (secondary N) is 1. The second-order valence-corrected chi connectivity index (χ2v) is 5.46. The van der Waals surface area contributed by atoms with Crippen molar-refractivity contribution in [3.05, 3.63) is 59.2 Å². The van der Waals surface area contributed by atoms with Crippen LogP contribution in [-0.2, 0) is 4.74 Å². The Bertz CT molecular complexity index is 912. The van der Waals surface area contributed by atoms with E-state index >= 15 is 0 Å². The number of rotatable bonds is 4. The van der Waals surface area contributed by atoms with Crippen molar-refractivity contribution in [2.45, 2.75) is 0 Å². The third-order valence-corrected chi connectivity index (χ3v) is 3.85. The van der Waals surface area contributed by atoms with Crippen LogP contribution in [0.15, 0.2) is 48.7 Å². The summed E-state index contributed by atoms with van der Waals surface area (Å²) in [5.74, 6) is 0.790. The van der Waals surface area contributed by atoms with Gasteiger partial charge in [-0.25, -0.2) is 9.78 Å². The number of ether oxygens (including phenoxy) is 2. The Labute approximate surface area is 144 Å². The Morgan fingerprint density at radius 1 is 1.12 bits per heavy atom. The molecule has 1 N–H and O–H groups in total. The van der Waals surface area contributed by atoms with E-state index in [0.717, 1.165) is 16.5 Å². The first-order valence-electron chi connectivity index (χ1n) is 7.20. The van der Waals surface area contributed by atoms with Gasteiger partial charge < -0.3 is 14.8 Å². The molecule has 0 amide bonds. The van der Waals surface area contributed by atoms with Gasteiger partial charge in [-0.2, -0.15) is 0 Å². The van der Waals surface area contributed by atoms with Crippen LogP contribution in [-0.4, -0.2) is 25.2 Å². The number of nitrogens with zero attached hydrogens (tertiary/aromatic N) is 1. The molecule has 0 aliphatic heterocycles. The molecule has 0 radical (unpaired) electrons. The van der Waals surface area contributed by atoms with E-state index in [1.807, 2.05) is 30.3 Å². The van der Waals surface area contributed by atoms with Crippen molar-refractivity contribution in [1.82, 2.24) is 4.98 Å². The maximum Gasteiger partial charge on any atom is 0.340 e. The van der Waals surface area contributed by atoms with Crippen molar-refractivity contribution >= 4 is 39.8 Å². The van der Waals surface area contributed by atoms with E-state index < -0.39 is 5.97 Å². The number of fused-ring (bicyclic) bond motifs is 1. The summed E-state index contributed by atoms with van der Waals surface area (Å²) in [6.45, 7) is 0. The van der Waals surface area contributed by atoms with Crippen LogP contribution in [0.2, 0.25) is 5.02 Å². The third kappa shape index (κ3) is 2.98. The predicted octanol–water partition coefficient (Wildman–Crippen LogP) is 4.43. The number of benzene rings is 2. The number of hydrogen-bond donors (Lipinski definition) is 1. The molecule has 0 atom stereocenters. The molecule has 3 aromatic rings. The van der Waals surface area contributed by atoms with E-state index in [9.17, 15) is 4.79 Å². The van der Waals surface area contributed by atoms with Gasteiger partial charge in [-0.05, 0) is 12.1 Å². The Morgan fingerprint density at radius 2 is 1.88 bits per heavy atom. The molecular formula is C18H15ClN2O3. The summed E-state index contributed by atoms with van der Waals surface area (Å²) in [6.07, 6.45) is 1.50. The molecule has 0 fully saturated rings. The predicted molar refractivity (Wildman–Crippen MR) is 94.4 cm³/mol. The Morgan fingerprint density at radius 3 is 2.58 bits per heavy atom. The van der Waals surface area contributed by atoms with Gasteiger partial charge in [-0.15, -0.1) is 0 Å². The Balaban J connectivity index is 2.10. The zero-order chi connectivity index (χ0) is 17.1. The highest BCUT2D eigenvalue weighted by molar-refractivity contribution is 6.30. The summed E-state index contributed by atoms with van der Waals surface area (Å²) in [5, 5.41) is 5.37. The summed E-state index contributed by atoms with van der Waals surface area (Å²) in [4.78, 5) is 16.3. The van der Waals surface area contributed by atoms with E-state index in [1.54, 1.807) is 19.2 Å². The lowest BCUT2D eigenvalue weighted by Gasteiger charge is -2.14. The van der Waals surface area contributed by atoms with Gasteiger partial charge >= 0.3 is 5.97 Å². The molecule has 0 spiro atoms. The number of carbonyl (C=O) groups excluding carboxylic acids is 1. The Kier molecular flexibility index (Phi) is 4.53. The number of anilines is 2. The van der Waals surface area contributed by atoms with E-state index in [4.69, 9.17) is 21.1 Å². The lowest BCUT2D eigenvalue weighted by atomic mass is 10.1. The van der Waals surface area contributed by atoms with Crippen molar-refractivity contribution in [3.8, 4) is 5.75 Å². The molecular weight excluding hydrogens is 328 g/mol. The molecule has 1 aromatic heterocycles. The van der Waals surface area contributed by atoms with Gasteiger partial charge in [0.1, 0.15) is 11.6 Å². The van der Waals surface area contributed by atoms with Crippen molar-refractivity contribution in [2.75, 3.05) is 19.5 Å². The lowest BCUT2D eigenvalue weighted by Crippen LogP contribution is -2.05. The molecule has 0 saturated heterocycles. The number of aromatic nitrogens is 1. The van der Waals surface area contributed by atoms with Gasteiger partial charge in [-0.1, -0.05) is 35.9 Å². The van der Waals surface area contributed by atoms with E-state index in [2.05, 4.69) is 10.3 Å². The number of methoxy groups -OCH3 is 2. The van der Waals surface area contributed by atoms with Crippen LogP contribution in [0, 0.1) is 0 Å². The first-order chi connectivity index (χ1) is 11.6. The maximum atomic E-state index is 11.9. The largest absolute Gasteiger partial charge is 0.495 e. The second kappa shape index (κ2) is 6.76. The van der Waals surface area contributed by atoms with E-state index in [-0.39, 0.29) is 0 Å². The average Bonchev–Trinajstić information content (AvgIpc) is 2.62. The number of carbonyl (C=O) groups is 1. The van der Waals surface area contributed by atoms with Gasteiger partial charge in [0, 0.05) is 28.1 Å². The van der Waals surface area contributed by atoms with Gasteiger partial charge in [0.15, 0.2) is 0 Å². The molecule has 1 heterocycles. The number of esters is 1. The Hall–Kier alpha value is -2.79. The maximum absolute atomic E-state index is 11.9. The summed E-state index contributed by atoms with van der Waals surface area (Å²) in [5.41, 5.74) is 1.15. The fourth-order valence-electron chi connectivity index (χ4n) is 2.46. The zero-order valence-corrected chi connectivity index (χ0v) is 13.9. The smallest absolute Gasteiger partial charge is 0.340 e. The molecule has 0 bridgehead atoms. The first-order valence-corrected chi connectivity index (χ1v) is 7.58. The first kappa shape index (κ1) is 16.1. The molecule has 24 heavy (non-hydrogen) atoms. The molecule has 0 aliphatic rings. The number of hydrogen-bond acceptors (Lipinski definition) is 5. The lowest BCUT2D eigenvalue weighted by molar-refractivity contribution is 0.0602. The summed E-state index contributed by atoms with van der Waals surface area (Å²) in [7, 11) is 2.92. The summed E-state index contributed by atoms with van der Waals surface area (Å²) >= 11 is 5.99. The molecule has 6 heteroatoms. The highest BCUT2D eigenvalue weighted by Crippen LogP contribution is 2.33. The molecule has 5 nitrogen and oxygen atoms in total. The minimum absolute atomic E-state index is 0.418. The minimum Gasteiger partial charge on any atom is -0.495 e. The molecule has 3 rings (SSSR count). The van der Waals surface area contributed by atoms with Crippen molar-refractivity contribution in [2.24, 2.45) is 0 Å². The van der Waals surface area contributed by atoms with Gasteiger partial charge in [-0.3, -0.25) is 0 Å². The van der Waals surface area contributed by atoms with Gasteiger partial charge in [0.25, 0.3) is 0 Å². The minimum atomic E-state index is -0.422. The van der Waals surface area contributed by atoms with Gasteiger partial charge in [0.05, 0.1) is 25.5 Å². The monoisotopic (exact) mass is 342 g/mol. The van der Waals surface area contributed by atoms with Crippen LogP contribution in [0.1, 0.15) is 10.4 Å².